The Bertz CT molecular complexity index is 897. The third kappa shape index (κ3) is 4.56. The molecule has 6 nitrogen and oxygen atoms in total. The number of aromatic nitrogens is 1. The van der Waals surface area contributed by atoms with Gasteiger partial charge >= 0.3 is 0 Å². The molecular weight excluding hydrogens is 430 g/mol. The maximum absolute atomic E-state index is 12.6. The van der Waals surface area contributed by atoms with Crippen LogP contribution < -0.4 is 5.32 Å². The van der Waals surface area contributed by atoms with Crippen LogP contribution in [0.3, 0.4) is 0 Å². The summed E-state index contributed by atoms with van der Waals surface area (Å²) in [7, 11) is -3.55. The Labute approximate surface area is 168 Å². The number of sulfonamides is 1. The molecule has 1 aliphatic heterocycles. The van der Waals surface area contributed by atoms with E-state index >= 15 is 0 Å². The molecule has 1 unspecified atom stereocenters. The molecule has 3 rings (SSSR count). The van der Waals surface area contributed by atoms with Crippen LogP contribution in [-0.4, -0.2) is 36.7 Å². The molecular formula is C19H22BrN3O3S. The second-order valence-corrected chi connectivity index (χ2v) is 9.41. The van der Waals surface area contributed by atoms with Crippen molar-refractivity contribution < 1.29 is 13.2 Å². The fourth-order valence-electron chi connectivity index (χ4n) is 3.24. The fourth-order valence-corrected chi connectivity index (χ4v) is 5.30. The molecule has 0 radical (unpaired) electrons. The van der Waals surface area contributed by atoms with E-state index < -0.39 is 10.0 Å². The van der Waals surface area contributed by atoms with Crippen LogP contribution in [0.25, 0.3) is 0 Å². The van der Waals surface area contributed by atoms with Gasteiger partial charge < -0.3 is 5.32 Å². The lowest BCUT2D eigenvalue weighted by molar-refractivity contribution is -0.126. The zero-order chi connectivity index (χ0) is 19.4. The number of pyridine rings is 1. The normalized spacial score (nSPS) is 17.4. The van der Waals surface area contributed by atoms with Crippen molar-refractivity contribution in [3.63, 3.8) is 0 Å². The van der Waals surface area contributed by atoms with Gasteiger partial charge in [0.15, 0.2) is 0 Å². The van der Waals surface area contributed by atoms with E-state index in [9.17, 15) is 13.2 Å². The molecule has 0 saturated carbocycles. The predicted octanol–water partition coefficient (Wildman–Crippen LogP) is 3.12. The standard InChI is InChI=1S/C19H22BrN3O3S/c1-14(17-6-2-3-7-18(17)20)22-19(24)15-8-11-23(12-9-15)27(25,26)16-5-4-10-21-13-16/h2-7,10,13-15H,8-9,11-12H2,1H3,(H,22,24). The van der Waals surface area contributed by atoms with Crippen molar-refractivity contribution in [1.82, 2.24) is 14.6 Å². The van der Waals surface area contributed by atoms with E-state index in [0.717, 1.165) is 10.0 Å². The van der Waals surface area contributed by atoms with E-state index in [2.05, 4.69) is 26.2 Å². The van der Waals surface area contributed by atoms with Gasteiger partial charge in [-0.2, -0.15) is 4.31 Å². The van der Waals surface area contributed by atoms with E-state index in [1.165, 1.54) is 10.5 Å². The van der Waals surface area contributed by atoms with Gasteiger partial charge in [0.05, 0.1) is 6.04 Å². The van der Waals surface area contributed by atoms with Crippen LogP contribution >= 0.6 is 15.9 Å². The topological polar surface area (TPSA) is 79.4 Å². The molecule has 1 amide bonds. The highest BCUT2D eigenvalue weighted by Crippen LogP contribution is 2.26. The van der Waals surface area contributed by atoms with Gasteiger partial charge in [0.25, 0.3) is 0 Å². The number of rotatable bonds is 5. The van der Waals surface area contributed by atoms with Crippen LogP contribution in [0.5, 0.6) is 0 Å². The number of amides is 1. The third-order valence-electron chi connectivity index (χ3n) is 4.83. The molecule has 1 aromatic heterocycles. The summed E-state index contributed by atoms with van der Waals surface area (Å²) in [5.41, 5.74) is 1.02. The zero-order valence-electron chi connectivity index (χ0n) is 15.0. The van der Waals surface area contributed by atoms with Crippen LogP contribution in [0, 0.1) is 5.92 Å². The van der Waals surface area contributed by atoms with Gasteiger partial charge in [-0.3, -0.25) is 9.78 Å². The molecule has 144 valence electrons. The Morgan fingerprint density at radius 1 is 1.22 bits per heavy atom. The Hall–Kier alpha value is -1.77. The van der Waals surface area contributed by atoms with Crippen molar-refractivity contribution in [3.8, 4) is 0 Å². The first-order valence-corrected chi connectivity index (χ1v) is 11.1. The lowest BCUT2D eigenvalue weighted by Gasteiger charge is -2.31. The van der Waals surface area contributed by atoms with Gasteiger partial charge in [0.1, 0.15) is 4.90 Å². The minimum Gasteiger partial charge on any atom is -0.349 e. The first-order valence-electron chi connectivity index (χ1n) is 8.84. The van der Waals surface area contributed by atoms with Crippen molar-refractivity contribution in [2.45, 2.75) is 30.7 Å². The average molecular weight is 452 g/mol. The fraction of sp³-hybridized carbons (Fsp3) is 0.368. The van der Waals surface area contributed by atoms with Gasteiger partial charge in [-0.05, 0) is 43.5 Å². The maximum atomic E-state index is 12.6. The summed E-state index contributed by atoms with van der Waals surface area (Å²) in [5, 5.41) is 3.05. The summed E-state index contributed by atoms with van der Waals surface area (Å²) in [6.07, 6.45) is 3.91. The molecule has 27 heavy (non-hydrogen) atoms. The van der Waals surface area contributed by atoms with Crippen molar-refractivity contribution >= 4 is 31.9 Å². The van der Waals surface area contributed by atoms with Crippen molar-refractivity contribution in [1.29, 1.82) is 0 Å². The predicted molar refractivity (Wildman–Crippen MR) is 106 cm³/mol. The number of carbonyl (C=O) groups is 1. The minimum atomic E-state index is -3.55. The van der Waals surface area contributed by atoms with Gasteiger partial charge in [-0.25, -0.2) is 8.42 Å². The molecule has 1 N–H and O–H groups in total. The summed E-state index contributed by atoms with van der Waals surface area (Å²) in [6, 6.07) is 10.8. The molecule has 2 aromatic rings. The van der Waals surface area contributed by atoms with Crippen LogP contribution in [0.15, 0.2) is 58.2 Å². The van der Waals surface area contributed by atoms with E-state index in [0.29, 0.717) is 25.9 Å². The molecule has 1 aliphatic rings. The van der Waals surface area contributed by atoms with Gasteiger partial charge in [0, 0.05) is 35.9 Å². The number of benzene rings is 1. The number of halogens is 1. The highest BCUT2D eigenvalue weighted by molar-refractivity contribution is 9.10. The SMILES string of the molecule is CC(NC(=O)C1CCN(S(=O)(=O)c2cccnc2)CC1)c1ccccc1Br. The van der Waals surface area contributed by atoms with Gasteiger partial charge in [0.2, 0.25) is 15.9 Å². The Morgan fingerprint density at radius 3 is 2.56 bits per heavy atom. The van der Waals surface area contributed by atoms with Crippen LogP contribution in [-0.2, 0) is 14.8 Å². The van der Waals surface area contributed by atoms with Gasteiger partial charge in [-0.1, -0.05) is 34.1 Å². The lowest BCUT2D eigenvalue weighted by atomic mass is 9.96. The molecule has 2 heterocycles. The lowest BCUT2D eigenvalue weighted by Crippen LogP contribution is -2.43. The highest BCUT2D eigenvalue weighted by atomic mass is 79.9. The van der Waals surface area contributed by atoms with E-state index in [1.807, 2.05) is 31.2 Å². The summed E-state index contributed by atoms with van der Waals surface area (Å²) < 4.78 is 27.7. The van der Waals surface area contributed by atoms with Gasteiger partial charge in [-0.15, -0.1) is 0 Å². The van der Waals surface area contributed by atoms with Crippen LogP contribution in [0.1, 0.15) is 31.4 Å². The minimum absolute atomic E-state index is 0.0309. The molecule has 0 spiro atoms. The van der Waals surface area contributed by atoms with Crippen LogP contribution in [0.2, 0.25) is 0 Å². The summed E-state index contributed by atoms with van der Waals surface area (Å²) in [5.74, 6) is -0.216. The third-order valence-corrected chi connectivity index (χ3v) is 7.43. The Morgan fingerprint density at radius 2 is 1.93 bits per heavy atom. The Balaban J connectivity index is 1.59. The largest absolute Gasteiger partial charge is 0.349 e. The average Bonchev–Trinajstić information content (AvgIpc) is 2.69. The second-order valence-electron chi connectivity index (χ2n) is 6.62. The quantitative estimate of drug-likeness (QED) is 0.756. The number of piperidine rings is 1. The zero-order valence-corrected chi connectivity index (χ0v) is 17.4. The van der Waals surface area contributed by atoms with Crippen molar-refractivity contribution in [2.75, 3.05) is 13.1 Å². The summed E-state index contributed by atoms with van der Waals surface area (Å²) in [6.45, 7) is 2.61. The molecule has 1 saturated heterocycles. The maximum Gasteiger partial charge on any atom is 0.244 e. The summed E-state index contributed by atoms with van der Waals surface area (Å²) >= 11 is 3.50. The molecule has 8 heteroatoms. The first-order chi connectivity index (χ1) is 12.9. The van der Waals surface area contributed by atoms with Crippen LogP contribution in [0.4, 0.5) is 0 Å². The van der Waals surface area contributed by atoms with E-state index in [1.54, 1.807) is 18.3 Å². The van der Waals surface area contributed by atoms with Crippen molar-refractivity contribution in [3.05, 3.63) is 58.8 Å². The van der Waals surface area contributed by atoms with Crippen molar-refractivity contribution in [2.24, 2.45) is 5.92 Å². The number of nitrogens with zero attached hydrogens (tertiary/aromatic N) is 2. The van der Waals surface area contributed by atoms with E-state index in [4.69, 9.17) is 0 Å². The van der Waals surface area contributed by atoms with E-state index in [-0.39, 0.29) is 22.8 Å². The molecule has 1 fully saturated rings. The first kappa shape index (κ1) is 20.0. The smallest absolute Gasteiger partial charge is 0.244 e. The molecule has 0 aliphatic carbocycles. The number of nitrogens with one attached hydrogen (secondary N) is 1. The second kappa shape index (κ2) is 8.50. The monoisotopic (exact) mass is 451 g/mol. The number of carbonyl (C=O) groups excluding carboxylic acids is 1. The molecule has 0 bridgehead atoms. The Kier molecular flexibility index (Phi) is 6.29. The number of hydrogen-bond donors (Lipinski definition) is 1. The summed E-state index contributed by atoms with van der Waals surface area (Å²) in [4.78, 5) is 16.7. The molecule has 1 atom stereocenters. The number of hydrogen-bond acceptors (Lipinski definition) is 4. The molecule has 1 aromatic carbocycles. The highest BCUT2D eigenvalue weighted by Gasteiger charge is 2.32.